The van der Waals surface area contributed by atoms with Gasteiger partial charge in [-0.2, -0.15) is 13.2 Å². The summed E-state index contributed by atoms with van der Waals surface area (Å²) in [6.07, 6.45) is -1.54. The van der Waals surface area contributed by atoms with Crippen molar-refractivity contribution in [1.29, 1.82) is 0 Å². The molecule has 0 amide bonds. The summed E-state index contributed by atoms with van der Waals surface area (Å²) in [7, 11) is 0. The molecule has 28 heavy (non-hydrogen) atoms. The number of anilines is 2. The molecule has 2 aromatic heterocycles. The molecule has 144 valence electrons. The van der Waals surface area contributed by atoms with Crippen LogP contribution in [-0.4, -0.2) is 26.0 Å². The number of hydrogen-bond acceptors (Lipinski definition) is 5. The van der Waals surface area contributed by atoms with E-state index < -0.39 is 17.8 Å². The Hall–Kier alpha value is -3.49. The lowest BCUT2D eigenvalue weighted by atomic mass is 10.1. The Morgan fingerprint density at radius 3 is 2.61 bits per heavy atom. The number of pyridine rings is 1. The summed E-state index contributed by atoms with van der Waals surface area (Å²) in [6.45, 7) is 0. The Bertz CT molecular complexity index is 993. The van der Waals surface area contributed by atoms with Crippen LogP contribution in [0, 0.1) is 0 Å². The highest BCUT2D eigenvalue weighted by atomic mass is 19.4. The number of alkyl halides is 3. The minimum Gasteiger partial charge on any atom is -0.481 e. The fraction of sp³-hybridized carbons (Fsp3) is 0.158. The fourth-order valence-corrected chi connectivity index (χ4v) is 2.50. The molecule has 0 unspecified atom stereocenters. The third kappa shape index (κ3) is 5.03. The van der Waals surface area contributed by atoms with Gasteiger partial charge in [0.15, 0.2) is 0 Å². The number of rotatable bonds is 6. The van der Waals surface area contributed by atoms with Crippen molar-refractivity contribution in [2.75, 3.05) is 5.32 Å². The first-order chi connectivity index (χ1) is 13.3. The van der Waals surface area contributed by atoms with Crippen LogP contribution in [0.3, 0.4) is 0 Å². The van der Waals surface area contributed by atoms with Crippen molar-refractivity contribution in [3.63, 3.8) is 0 Å². The molecule has 0 radical (unpaired) electrons. The van der Waals surface area contributed by atoms with Crippen molar-refractivity contribution >= 4 is 17.6 Å². The molecule has 0 aliphatic rings. The van der Waals surface area contributed by atoms with Crippen LogP contribution in [-0.2, 0) is 17.4 Å². The smallest absolute Gasteiger partial charge is 0.433 e. The third-order valence-corrected chi connectivity index (χ3v) is 3.81. The van der Waals surface area contributed by atoms with E-state index in [2.05, 4.69) is 20.3 Å². The number of aliphatic carboxylic acids is 1. The predicted octanol–water partition coefficient (Wildman–Crippen LogP) is 4.32. The van der Waals surface area contributed by atoms with Gasteiger partial charge < -0.3 is 10.4 Å². The first-order valence-electron chi connectivity index (χ1n) is 8.26. The van der Waals surface area contributed by atoms with Gasteiger partial charge in [0.05, 0.1) is 5.69 Å². The van der Waals surface area contributed by atoms with Gasteiger partial charge in [-0.1, -0.05) is 12.1 Å². The Morgan fingerprint density at radius 1 is 1.07 bits per heavy atom. The van der Waals surface area contributed by atoms with Crippen LogP contribution >= 0.6 is 0 Å². The summed E-state index contributed by atoms with van der Waals surface area (Å²) < 4.78 is 38.3. The third-order valence-electron chi connectivity index (χ3n) is 3.81. The van der Waals surface area contributed by atoms with Gasteiger partial charge in [-0.15, -0.1) is 0 Å². The number of benzene rings is 1. The lowest BCUT2D eigenvalue weighted by Gasteiger charge is -2.10. The zero-order chi connectivity index (χ0) is 20.1. The number of carboxylic acids is 1. The minimum absolute atomic E-state index is 0.0118. The first kappa shape index (κ1) is 19.3. The predicted molar refractivity (Wildman–Crippen MR) is 95.9 cm³/mol. The van der Waals surface area contributed by atoms with Gasteiger partial charge in [0.25, 0.3) is 0 Å². The molecule has 0 fully saturated rings. The van der Waals surface area contributed by atoms with Gasteiger partial charge in [-0.25, -0.2) is 9.97 Å². The summed E-state index contributed by atoms with van der Waals surface area (Å²) in [4.78, 5) is 22.3. The van der Waals surface area contributed by atoms with E-state index in [1.165, 1.54) is 0 Å². The van der Waals surface area contributed by atoms with Gasteiger partial charge in [-0.05, 0) is 42.3 Å². The highest BCUT2D eigenvalue weighted by Gasteiger charge is 2.32. The van der Waals surface area contributed by atoms with Crippen molar-refractivity contribution < 1.29 is 23.1 Å². The fourth-order valence-electron chi connectivity index (χ4n) is 2.50. The van der Waals surface area contributed by atoms with E-state index in [0.717, 1.165) is 17.8 Å². The molecule has 1 aromatic carbocycles. The van der Waals surface area contributed by atoms with Crippen molar-refractivity contribution in [2.24, 2.45) is 0 Å². The maximum absolute atomic E-state index is 12.8. The number of aromatic nitrogens is 3. The van der Waals surface area contributed by atoms with Crippen LogP contribution in [0.5, 0.6) is 0 Å². The average molecular weight is 388 g/mol. The second-order valence-corrected chi connectivity index (χ2v) is 5.91. The van der Waals surface area contributed by atoms with Gasteiger partial charge in [-0.3, -0.25) is 9.78 Å². The molecule has 0 saturated carbocycles. The number of aryl methyl sites for hydroxylation is 1. The number of carbonyl (C=O) groups is 1. The Morgan fingerprint density at radius 2 is 1.86 bits per heavy atom. The first-order valence-corrected chi connectivity index (χ1v) is 8.26. The van der Waals surface area contributed by atoms with E-state index in [-0.39, 0.29) is 12.4 Å². The van der Waals surface area contributed by atoms with Crippen molar-refractivity contribution in [1.82, 2.24) is 15.0 Å². The van der Waals surface area contributed by atoms with Crippen molar-refractivity contribution in [3.05, 3.63) is 66.1 Å². The average Bonchev–Trinajstić information content (AvgIpc) is 2.66. The number of nitrogens with zero attached hydrogens (tertiary/aromatic N) is 3. The molecule has 2 heterocycles. The van der Waals surface area contributed by atoms with Crippen molar-refractivity contribution in [3.8, 4) is 11.3 Å². The second kappa shape index (κ2) is 8.03. The molecule has 0 atom stereocenters. The molecule has 3 aromatic rings. The normalized spacial score (nSPS) is 11.2. The van der Waals surface area contributed by atoms with Gasteiger partial charge >= 0.3 is 12.1 Å². The Kier molecular flexibility index (Phi) is 5.53. The zero-order valence-electron chi connectivity index (χ0n) is 14.4. The van der Waals surface area contributed by atoms with E-state index in [1.807, 2.05) is 0 Å². The van der Waals surface area contributed by atoms with Crippen LogP contribution < -0.4 is 5.32 Å². The maximum atomic E-state index is 12.8. The monoisotopic (exact) mass is 388 g/mol. The van der Waals surface area contributed by atoms with Crippen molar-refractivity contribution in [2.45, 2.75) is 19.0 Å². The van der Waals surface area contributed by atoms with Gasteiger partial charge in [0.2, 0.25) is 5.95 Å². The van der Waals surface area contributed by atoms with Crippen LogP contribution in [0.25, 0.3) is 11.3 Å². The quantitative estimate of drug-likeness (QED) is 0.654. The highest BCUT2D eigenvalue weighted by Crippen LogP contribution is 2.28. The zero-order valence-corrected chi connectivity index (χ0v) is 14.4. The number of carboxylic acid groups (broad SMARTS) is 1. The summed E-state index contributed by atoms with van der Waals surface area (Å²) in [5.41, 5.74) is 1.63. The van der Waals surface area contributed by atoms with E-state index in [0.29, 0.717) is 23.4 Å². The van der Waals surface area contributed by atoms with E-state index in [1.54, 1.807) is 42.6 Å². The molecular formula is C19H15F3N4O2. The molecule has 9 heteroatoms. The molecule has 2 N–H and O–H groups in total. The summed E-state index contributed by atoms with van der Waals surface area (Å²) in [6, 6.07) is 11.2. The molecule has 6 nitrogen and oxygen atoms in total. The molecule has 0 spiro atoms. The van der Waals surface area contributed by atoms with E-state index >= 15 is 0 Å². The number of nitrogens with one attached hydrogen (secondary N) is 1. The lowest BCUT2D eigenvalue weighted by Crippen LogP contribution is -2.10. The summed E-state index contributed by atoms with van der Waals surface area (Å²) in [5, 5.41) is 11.6. The van der Waals surface area contributed by atoms with Gasteiger partial charge in [0.1, 0.15) is 5.69 Å². The molecule has 0 aliphatic carbocycles. The van der Waals surface area contributed by atoms with Crippen LogP contribution in [0.15, 0.2) is 54.9 Å². The summed E-state index contributed by atoms with van der Waals surface area (Å²) >= 11 is 0. The molecular weight excluding hydrogens is 373 g/mol. The second-order valence-electron chi connectivity index (χ2n) is 5.91. The SMILES string of the molecule is O=C(O)CCc1ccnc(-c2cccc(Nc3nccc(C(F)(F)F)n3)c2)c1. The van der Waals surface area contributed by atoms with E-state index in [4.69, 9.17) is 5.11 Å². The van der Waals surface area contributed by atoms with Crippen LogP contribution in [0.2, 0.25) is 0 Å². The summed E-state index contributed by atoms with van der Waals surface area (Å²) in [5.74, 6) is -1.05. The number of halogens is 3. The van der Waals surface area contributed by atoms with Crippen LogP contribution in [0.1, 0.15) is 17.7 Å². The maximum Gasteiger partial charge on any atom is 0.433 e. The Labute approximate surface area is 158 Å². The minimum atomic E-state index is -4.55. The highest BCUT2D eigenvalue weighted by molar-refractivity contribution is 5.69. The molecule has 0 bridgehead atoms. The Balaban J connectivity index is 1.81. The topological polar surface area (TPSA) is 88.0 Å². The largest absolute Gasteiger partial charge is 0.481 e. The molecule has 3 rings (SSSR count). The van der Waals surface area contributed by atoms with Gasteiger partial charge in [0, 0.05) is 30.1 Å². The standard InChI is InChI=1S/C19H15F3N4O2/c20-19(21,22)16-7-9-24-18(26-16)25-14-3-1-2-13(11-14)15-10-12(6-8-23-15)4-5-17(27)28/h1-3,6-11H,4-5H2,(H,27,28)(H,24,25,26). The van der Waals surface area contributed by atoms with Crippen LogP contribution in [0.4, 0.5) is 24.8 Å². The molecule has 0 saturated heterocycles. The lowest BCUT2D eigenvalue weighted by molar-refractivity contribution is -0.141. The molecule has 0 aliphatic heterocycles. The number of hydrogen-bond donors (Lipinski definition) is 2. The van der Waals surface area contributed by atoms with E-state index in [9.17, 15) is 18.0 Å².